The van der Waals surface area contributed by atoms with E-state index in [1.807, 2.05) is 24.3 Å². The number of carboxylic acid groups (broad SMARTS) is 2. The maximum atomic E-state index is 10.1. The van der Waals surface area contributed by atoms with Crippen molar-refractivity contribution in [2.24, 2.45) is 0 Å². The molecule has 3 heterocycles. The Morgan fingerprint density at radius 2 is 0.660 bits per heavy atom. The van der Waals surface area contributed by atoms with Crippen molar-refractivity contribution >= 4 is 59.8 Å². The van der Waals surface area contributed by atoms with E-state index in [0.29, 0.717) is 0 Å². The molecule has 0 radical (unpaired) electrons. The first kappa shape index (κ1) is 63.0. The van der Waals surface area contributed by atoms with Gasteiger partial charge in [-0.05, 0) is 35.4 Å². The van der Waals surface area contributed by atoms with Gasteiger partial charge >= 0.3 is 47.8 Å². The van der Waals surface area contributed by atoms with Crippen LogP contribution in [-0.2, 0) is 0 Å². The number of hydrogen-bond acceptors (Lipinski definition) is 8. The summed E-state index contributed by atoms with van der Waals surface area (Å²) in [4.78, 5) is 34.6. The van der Waals surface area contributed by atoms with Gasteiger partial charge in [0.15, 0.2) is 0 Å². The van der Waals surface area contributed by atoms with Crippen LogP contribution in [0.5, 0.6) is 0 Å². The zero-order chi connectivity index (χ0) is 37.8. The molecule has 0 aliphatic heterocycles. The molecule has 276 valence electrons. The van der Waals surface area contributed by atoms with E-state index in [4.69, 9.17) is 0 Å². The monoisotopic (exact) mass is 904 g/mol. The minimum absolute atomic E-state index is 0. The Bertz CT molecular complexity index is 901. The van der Waals surface area contributed by atoms with E-state index < -0.39 is 23.3 Å². The Morgan fingerprint density at radius 1 is 0.480 bits per heavy atom. The van der Waals surface area contributed by atoms with E-state index in [1.54, 1.807) is 24.8 Å². The fraction of sp³-hybridized carbons (Fsp3) is 0.450. The molecule has 0 N–H and O–H groups in total. The van der Waals surface area contributed by atoms with Gasteiger partial charge in [-0.3, -0.25) is 19.9 Å². The van der Waals surface area contributed by atoms with Gasteiger partial charge in [0, 0.05) is 24.8 Å². The largest absolute Gasteiger partial charge is 4.00 e. The molecule has 8 nitrogen and oxygen atoms in total. The first-order valence-electron chi connectivity index (χ1n) is 16.9. The fourth-order valence-electron chi connectivity index (χ4n) is 1.63. The van der Waals surface area contributed by atoms with E-state index >= 15 is 0 Å². The molecule has 0 bridgehead atoms. The maximum absolute atomic E-state index is 10.1. The van der Waals surface area contributed by atoms with E-state index in [-0.39, 0.29) is 47.8 Å². The topological polar surface area (TPSA) is 132 Å². The van der Waals surface area contributed by atoms with Crippen molar-refractivity contribution in [1.29, 1.82) is 0 Å². The van der Waals surface area contributed by atoms with Crippen LogP contribution in [0.2, 0.25) is 0 Å². The van der Waals surface area contributed by atoms with Gasteiger partial charge in [0.2, 0.25) is 0 Å². The molecule has 0 saturated carbocycles. The Morgan fingerprint density at radius 3 is 0.780 bits per heavy atom. The van der Waals surface area contributed by atoms with Crippen molar-refractivity contribution in [3.8, 4) is 11.1 Å². The van der Waals surface area contributed by atoms with Crippen LogP contribution in [0.25, 0.3) is 11.1 Å². The maximum Gasteiger partial charge on any atom is 4.00 e. The van der Waals surface area contributed by atoms with Crippen molar-refractivity contribution in [3.05, 3.63) is 114 Å². The van der Waals surface area contributed by atoms with Crippen molar-refractivity contribution in [3.63, 3.8) is 0 Å². The molecule has 0 aliphatic carbocycles. The molecule has 0 unspecified atom stereocenters. The molecule has 0 amide bonds. The summed E-state index contributed by atoms with van der Waals surface area (Å²) in [6, 6.07) is 7.93. The second kappa shape index (κ2) is 56.3. The Hall–Kier alpha value is -2.08. The van der Waals surface area contributed by atoms with Gasteiger partial charge in [0.05, 0.1) is 24.3 Å². The van der Waals surface area contributed by atoms with Crippen LogP contribution in [0.1, 0.15) is 140 Å². The summed E-state index contributed by atoms with van der Waals surface area (Å²) in [6.07, 6.45) is 22.4. The number of pyridine rings is 2. The summed E-state index contributed by atoms with van der Waals surface area (Å²) in [5.74, 6) is -3.01. The second-order valence-electron chi connectivity index (χ2n) is 9.45. The second-order valence-corrected chi connectivity index (χ2v) is 9.45. The van der Waals surface area contributed by atoms with Crippen molar-refractivity contribution in [2.75, 3.05) is 0 Å². The van der Waals surface area contributed by atoms with Crippen LogP contribution in [0.4, 0.5) is 0 Å². The van der Waals surface area contributed by atoms with Gasteiger partial charge in [-0.1, -0.05) is 80.1 Å². The van der Waals surface area contributed by atoms with Crippen LogP contribution in [-0.4, -0.2) is 79.7 Å². The van der Waals surface area contributed by atoms with Crippen molar-refractivity contribution in [2.45, 2.75) is 119 Å². The third kappa shape index (κ3) is 52.7. The number of aromatic nitrogens is 4. The van der Waals surface area contributed by atoms with Crippen molar-refractivity contribution < 1.29 is 19.8 Å². The zero-order valence-corrected chi connectivity index (χ0v) is 37.6. The summed E-state index contributed by atoms with van der Waals surface area (Å²) >= 11 is 0. The molecule has 0 saturated heterocycles. The van der Waals surface area contributed by atoms with Crippen LogP contribution in [0.3, 0.4) is 0 Å². The van der Waals surface area contributed by atoms with Gasteiger partial charge in [-0.25, -0.2) is 0 Å². The summed E-state index contributed by atoms with van der Waals surface area (Å²) in [7, 11) is 0. The van der Waals surface area contributed by atoms with E-state index in [0.717, 1.165) is 50.9 Å². The first-order chi connectivity index (χ1) is 23.1. The van der Waals surface area contributed by atoms with Gasteiger partial charge in [0.25, 0.3) is 0 Å². The number of unbranched alkanes of at least 4 members (excludes halogenated alkanes) is 6. The van der Waals surface area contributed by atoms with Crippen LogP contribution in [0, 0.1) is 41.5 Å². The standard InChI is InChI=1S/C10H8N2.C6H4N2O4.6C4H9.2Sn/c1-5-11-6-2-9(1)10-3-7-12-8-4-10;9-5(10)3-1-7-4(2-8-3)6(11)12;6*1-3-4-2;;/h1-8H;1-2H,(H,9,10)(H,11,12);6*1,3-4H2,2H3;;/q;;6*-1;2*+4/p-2. The normalized spacial score (nSPS) is 8.16. The molecule has 0 aromatic carbocycles. The number of nitrogens with zero attached hydrogens (tertiary/aromatic N) is 4. The molecular formula is C40H64N4O4Sn2. The van der Waals surface area contributed by atoms with Crippen LogP contribution in [0.15, 0.2) is 61.4 Å². The van der Waals surface area contributed by atoms with Gasteiger partial charge in [-0.15, -0.1) is 0 Å². The fourth-order valence-corrected chi connectivity index (χ4v) is 1.63. The van der Waals surface area contributed by atoms with Crippen LogP contribution >= 0.6 is 0 Å². The third-order valence-corrected chi connectivity index (χ3v) is 4.89. The predicted octanol–water partition coefficient (Wildman–Crippen LogP) is 8.31. The Balaban J connectivity index is -0.0000000902. The molecule has 0 spiro atoms. The average Bonchev–Trinajstić information content (AvgIpc) is 3.16. The van der Waals surface area contributed by atoms with Crippen LogP contribution < -0.4 is 10.2 Å². The van der Waals surface area contributed by atoms with E-state index in [9.17, 15) is 19.8 Å². The zero-order valence-electron chi connectivity index (χ0n) is 31.9. The number of carboxylic acids is 2. The molecule has 3 rings (SSSR count). The number of carbonyl (C=O) groups excluding carboxylic acids is 2. The Kier molecular flexibility index (Phi) is 70.9. The number of carbonyl (C=O) groups is 2. The summed E-state index contributed by atoms with van der Waals surface area (Å²) in [6.45, 7) is 34.3. The Labute approximate surface area is 341 Å². The molecule has 0 fully saturated rings. The molecular weight excluding hydrogens is 838 g/mol. The van der Waals surface area contributed by atoms with Gasteiger partial charge in [-0.2, -0.15) is 38.5 Å². The minimum Gasteiger partial charge on any atom is -0.543 e. The molecule has 10 heteroatoms. The molecule has 3 aromatic heterocycles. The summed E-state index contributed by atoms with van der Waals surface area (Å²) in [5.41, 5.74) is 1.51. The summed E-state index contributed by atoms with van der Waals surface area (Å²) in [5, 5.41) is 20.2. The average molecular weight is 902 g/mol. The smallest absolute Gasteiger partial charge is 0.543 e. The summed E-state index contributed by atoms with van der Waals surface area (Å²) < 4.78 is 0. The molecule has 0 atom stereocenters. The molecule has 3 aromatic rings. The minimum atomic E-state index is -1.51. The number of rotatable bonds is 9. The molecule has 50 heavy (non-hydrogen) atoms. The van der Waals surface area contributed by atoms with E-state index in [1.165, 1.54) is 49.7 Å². The van der Waals surface area contributed by atoms with E-state index in [2.05, 4.69) is 103 Å². The predicted molar refractivity (Wildman–Crippen MR) is 211 cm³/mol. The SMILES string of the molecule is O=C([O-])c1cnc(C(=O)[O-])cn1.[CH2-]CCC.[CH2-]CCC.[CH2-]CCC.[CH2-]CCC.[CH2-]CCC.[CH2-]CCC.[Sn+4].[Sn+4].c1cc(-c2ccncc2)ccn1. The first-order valence-corrected chi connectivity index (χ1v) is 16.9. The van der Waals surface area contributed by atoms with Crippen molar-refractivity contribution in [1.82, 2.24) is 19.9 Å². The quantitative estimate of drug-likeness (QED) is 0.155. The third-order valence-electron chi connectivity index (χ3n) is 4.89. The number of aromatic carboxylic acids is 2. The van der Waals surface area contributed by atoms with Gasteiger partial charge < -0.3 is 61.3 Å². The number of hydrogen-bond donors (Lipinski definition) is 0. The van der Waals surface area contributed by atoms with Gasteiger partial charge in [0.1, 0.15) is 11.4 Å². The molecule has 0 aliphatic rings.